The summed E-state index contributed by atoms with van der Waals surface area (Å²) in [7, 11) is 0. The largest absolute Gasteiger partial charge is 0.481 e. The number of carbonyl (C=O) groups is 2. The number of fused-ring (bicyclic) bond motifs is 1. The number of amidine groups is 1. The standard InChI is InChI=1S/C13H17N3O3S/c17-11-6-9(12(18)19)7-15(11)5-2-10-8-20-13-14-3-1-4-16(10)13/h8-9H,1-7H2,(H,18,19)/t9-/m0/s1. The molecule has 0 radical (unpaired) electrons. The summed E-state index contributed by atoms with van der Waals surface area (Å²) in [5, 5.41) is 12.1. The molecule has 1 saturated heterocycles. The summed E-state index contributed by atoms with van der Waals surface area (Å²) in [5.41, 5.74) is 1.19. The SMILES string of the molecule is O=C(O)[C@H]1CC(=O)N(CCC2=CSC3=NCCCN23)C1. The van der Waals surface area contributed by atoms with E-state index in [4.69, 9.17) is 5.11 Å². The molecule has 1 atom stereocenters. The van der Waals surface area contributed by atoms with Crippen LogP contribution in [0.1, 0.15) is 19.3 Å². The van der Waals surface area contributed by atoms with Gasteiger partial charge in [0.2, 0.25) is 5.91 Å². The molecule has 0 bridgehead atoms. The molecule has 0 saturated carbocycles. The van der Waals surface area contributed by atoms with Crippen molar-refractivity contribution in [2.45, 2.75) is 19.3 Å². The predicted octanol–water partition coefficient (Wildman–Crippen LogP) is 0.960. The van der Waals surface area contributed by atoms with E-state index in [2.05, 4.69) is 15.3 Å². The van der Waals surface area contributed by atoms with E-state index >= 15 is 0 Å². The average molecular weight is 295 g/mol. The van der Waals surface area contributed by atoms with E-state index < -0.39 is 11.9 Å². The van der Waals surface area contributed by atoms with Crippen molar-refractivity contribution in [3.8, 4) is 0 Å². The Kier molecular flexibility index (Phi) is 3.69. The lowest BCUT2D eigenvalue weighted by molar-refractivity contribution is -0.141. The van der Waals surface area contributed by atoms with Gasteiger partial charge in [-0.1, -0.05) is 11.8 Å². The van der Waals surface area contributed by atoms with E-state index in [1.54, 1.807) is 16.7 Å². The zero-order chi connectivity index (χ0) is 14.1. The number of carboxylic acid groups (broad SMARTS) is 1. The molecule has 3 aliphatic rings. The number of thioether (sulfide) groups is 1. The number of rotatable bonds is 4. The molecule has 3 rings (SSSR count). The van der Waals surface area contributed by atoms with Crippen molar-refractivity contribution < 1.29 is 14.7 Å². The molecule has 0 aromatic carbocycles. The second-order valence-electron chi connectivity index (χ2n) is 5.23. The van der Waals surface area contributed by atoms with E-state index in [1.165, 1.54) is 5.70 Å². The second-order valence-corrected chi connectivity index (χ2v) is 6.06. The third kappa shape index (κ3) is 2.54. The minimum absolute atomic E-state index is 0.0452. The van der Waals surface area contributed by atoms with Gasteiger partial charge in [-0.25, -0.2) is 0 Å². The lowest BCUT2D eigenvalue weighted by atomic mass is 10.1. The van der Waals surface area contributed by atoms with Crippen LogP contribution in [0.25, 0.3) is 0 Å². The quantitative estimate of drug-likeness (QED) is 0.836. The summed E-state index contributed by atoms with van der Waals surface area (Å²) in [6, 6.07) is 0. The van der Waals surface area contributed by atoms with Gasteiger partial charge >= 0.3 is 5.97 Å². The summed E-state index contributed by atoms with van der Waals surface area (Å²) in [6.07, 6.45) is 1.97. The Morgan fingerprint density at radius 2 is 2.40 bits per heavy atom. The van der Waals surface area contributed by atoms with Gasteiger partial charge in [-0.05, 0) is 11.8 Å². The summed E-state index contributed by atoms with van der Waals surface area (Å²) in [4.78, 5) is 31.0. The fourth-order valence-electron chi connectivity index (χ4n) is 2.73. The first kappa shape index (κ1) is 13.5. The minimum Gasteiger partial charge on any atom is -0.481 e. The molecular formula is C13H17N3O3S. The summed E-state index contributed by atoms with van der Waals surface area (Å²) < 4.78 is 0. The Balaban J connectivity index is 1.55. The number of carboxylic acids is 1. The highest BCUT2D eigenvalue weighted by Crippen LogP contribution is 2.31. The van der Waals surface area contributed by atoms with Gasteiger partial charge in [0, 0.05) is 44.7 Å². The lowest BCUT2D eigenvalue weighted by Crippen LogP contribution is -2.32. The molecule has 20 heavy (non-hydrogen) atoms. The average Bonchev–Trinajstić information content (AvgIpc) is 3.00. The van der Waals surface area contributed by atoms with Crippen molar-refractivity contribution >= 4 is 28.8 Å². The van der Waals surface area contributed by atoms with Crippen LogP contribution in [0.3, 0.4) is 0 Å². The fourth-order valence-corrected chi connectivity index (χ4v) is 3.72. The van der Waals surface area contributed by atoms with Crippen LogP contribution in [0.15, 0.2) is 16.1 Å². The van der Waals surface area contributed by atoms with E-state index in [9.17, 15) is 9.59 Å². The van der Waals surface area contributed by atoms with E-state index in [0.717, 1.165) is 31.1 Å². The molecule has 3 aliphatic heterocycles. The maximum atomic E-state index is 11.8. The van der Waals surface area contributed by atoms with Gasteiger partial charge in [0.05, 0.1) is 5.92 Å². The smallest absolute Gasteiger partial charge is 0.308 e. The first-order valence-corrected chi connectivity index (χ1v) is 7.71. The van der Waals surface area contributed by atoms with Gasteiger partial charge in [0.25, 0.3) is 0 Å². The summed E-state index contributed by atoms with van der Waals surface area (Å²) in [6.45, 7) is 2.82. The predicted molar refractivity (Wildman–Crippen MR) is 76.2 cm³/mol. The normalized spacial score (nSPS) is 25.6. The molecule has 108 valence electrons. The maximum Gasteiger partial charge on any atom is 0.308 e. The first-order chi connectivity index (χ1) is 9.65. The first-order valence-electron chi connectivity index (χ1n) is 6.83. The number of nitrogens with zero attached hydrogens (tertiary/aromatic N) is 3. The third-order valence-electron chi connectivity index (χ3n) is 3.87. The molecule has 0 unspecified atom stereocenters. The van der Waals surface area contributed by atoms with Crippen LogP contribution >= 0.6 is 11.8 Å². The molecule has 1 N–H and O–H groups in total. The fraction of sp³-hybridized carbons (Fsp3) is 0.615. The van der Waals surface area contributed by atoms with Gasteiger partial charge in [-0.3, -0.25) is 14.6 Å². The summed E-state index contributed by atoms with van der Waals surface area (Å²) in [5.74, 6) is -1.46. The van der Waals surface area contributed by atoms with Crippen LogP contribution < -0.4 is 0 Å². The number of hydrogen-bond donors (Lipinski definition) is 1. The van der Waals surface area contributed by atoms with Gasteiger partial charge < -0.3 is 14.9 Å². The van der Waals surface area contributed by atoms with Crippen LogP contribution in [0, 0.1) is 5.92 Å². The van der Waals surface area contributed by atoms with Crippen LogP contribution in [0.2, 0.25) is 0 Å². The molecule has 7 heteroatoms. The van der Waals surface area contributed by atoms with Crippen molar-refractivity contribution in [2.24, 2.45) is 10.9 Å². The maximum absolute atomic E-state index is 11.8. The molecule has 6 nitrogen and oxygen atoms in total. The Hall–Kier alpha value is -1.50. The van der Waals surface area contributed by atoms with Crippen LogP contribution in [0.5, 0.6) is 0 Å². The molecule has 0 aliphatic carbocycles. The molecular weight excluding hydrogens is 278 g/mol. The molecule has 0 aromatic rings. The Bertz CT molecular complexity index is 503. The Morgan fingerprint density at radius 1 is 1.55 bits per heavy atom. The monoisotopic (exact) mass is 295 g/mol. The van der Waals surface area contributed by atoms with Crippen molar-refractivity contribution in [1.29, 1.82) is 0 Å². The molecule has 1 amide bonds. The summed E-state index contributed by atoms with van der Waals surface area (Å²) >= 11 is 1.64. The van der Waals surface area contributed by atoms with E-state index in [-0.39, 0.29) is 12.3 Å². The molecule has 0 aromatic heterocycles. The zero-order valence-electron chi connectivity index (χ0n) is 11.1. The number of hydrogen-bond acceptors (Lipinski definition) is 5. The second kappa shape index (κ2) is 5.47. The van der Waals surface area contributed by atoms with Crippen LogP contribution in [0.4, 0.5) is 0 Å². The topological polar surface area (TPSA) is 73.2 Å². The van der Waals surface area contributed by atoms with Crippen molar-refractivity contribution in [1.82, 2.24) is 9.80 Å². The van der Waals surface area contributed by atoms with Crippen molar-refractivity contribution in [3.63, 3.8) is 0 Å². The highest BCUT2D eigenvalue weighted by atomic mass is 32.2. The minimum atomic E-state index is -0.873. The van der Waals surface area contributed by atoms with Gasteiger partial charge in [-0.15, -0.1) is 0 Å². The van der Waals surface area contributed by atoms with Gasteiger partial charge in [0.15, 0.2) is 5.17 Å². The number of aliphatic carboxylic acids is 1. The van der Waals surface area contributed by atoms with Crippen molar-refractivity contribution in [3.05, 3.63) is 11.1 Å². The van der Waals surface area contributed by atoms with Crippen molar-refractivity contribution in [2.75, 3.05) is 26.2 Å². The number of aliphatic imine (C=N–C) groups is 1. The van der Waals surface area contributed by atoms with Gasteiger partial charge in [0.1, 0.15) is 0 Å². The van der Waals surface area contributed by atoms with E-state index in [1.807, 2.05) is 0 Å². The van der Waals surface area contributed by atoms with Crippen LogP contribution in [-0.2, 0) is 9.59 Å². The van der Waals surface area contributed by atoms with E-state index in [0.29, 0.717) is 13.1 Å². The number of amides is 1. The number of carbonyl (C=O) groups excluding carboxylic acids is 1. The molecule has 0 spiro atoms. The van der Waals surface area contributed by atoms with Crippen LogP contribution in [-0.4, -0.2) is 58.1 Å². The third-order valence-corrected chi connectivity index (χ3v) is 4.82. The highest BCUT2D eigenvalue weighted by molar-refractivity contribution is 8.16. The zero-order valence-corrected chi connectivity index (χ0v) is 11.9. The Labute approximate surface area is 121 Å². The Morgan fingerprint density at radius 3 is 3.15 bits per heavy atom. The molecule has 3 heterocycles. The lowest BCUT2D eigenvalue weighted by Gasteiger charge is -2.26. The highest BCUT2D eigenvalue weighted by Gasteiger charge is 2.34. The van der Waals surface area contributed by atoms with Gasteiger partial charge in [-0.2, -0.15) is 0 Å². The molecule has 1 fully saturated rings. The number of likely N-dealkylation sites (tertiary alicyclic amines) is 1.